The number of fused-ring (bicyclic) bond motifs is 1. The second-order valence-corrected chi connectivity index (χ2v) is 8.45. The molecule has 0 spiro atoms. The third kappa shape index (κ3) is 4.39. The molecule has 2 heterocycles. The Kier molecular flexibility index (Phi) is 5.69. The quantitative estimate of drug-likeness (QED) is 0.588. The molecule has 1 N–H and O–H groups in total. The summed E-state index contributed by atoms with van der Waals surface area (Å²) < 4.78 is 6.91. The number of aromatic nitrogens is 1. The van der Waals surface area contributed by atoms with Gasteiger partial charge in [0.15, 0.2) is 5.13 Å². The maximum Gasteiger partial charge on any atom is 0.335 e. The van der Waals surface area contributed by atoms with E-state index in [4.69, 9.17) is 26.4 Å². The molecule has 1 aliphatic rings. The number of aromatic carboxylic acids is 1. The number of carboxylic acids is 1. The molecular weight excluding hydrogens is 396 g/mol. The van der Waals surface area contributed by atoms with Gasteiger partial charge in [-0.15, -0.1) is 0 Å². The van der Waals surface area contributed by atoms with Gasteiger partial charge in [0.1, 0.15) is 5.75 Å². The van der Waals surface area contributed by atoms with Crippen molar-refractivity contribution in [2.75, 3.05) is 24.6 Å². The molecule has 1 aliphatic heterocycles. The van der Waals surface area contributed by atoms with Gasteiger partial charge in [-0.1, -0.05) is 22.9 Å². The lowest BCUT2D eigenvalue weighted by atomic mass is 9.94. The number of hydrogen-bond acceptors (Lipinski definition) is 5. The van der Waals surface area contributed by atoms with Crippen LogP contribution in [0.5, 0.6) is 5.75 Å². The molecule has 3 aromatic rings. The number of halogens is 1. The molecule has 7 heteroatoms. The summed E-state index contributed by atoms with van der Waals surface area (Å²) in [6.45, 7) is 2.66. The van der Waals surface area contributed by atoms with E-state index in [1.165, 1.54) is 0 Å². The molecule has 0 aliphatic carbocycles. The van der Waals surface area contributed by atoms with Crippen LogP contribution in [0.15, 0.2) is 42.5 Å². The summed E-state index contributed by atoms with van der Waals surface area (Å²) in [7, 11) is 0. The molecule has 0 saturated carbocycles. The third-order valence-corrected chi connectivity index (χ3v) is 6.43. The van der Waals surface area contributed by atoms with Gasteiger partial charge >= 0.3 is 5.97 Å². The molecule has 0 radical (unpaired) electrons. The zero-order valence-corrected chi connectivity index (χ0v) is 16.9. The number of hydrogen-bond donors (Lipinski definition) is 1. The van der Waals surface area contributed by atoms with Crippen LogP contribution in [0.25, 0.3) is 10.2 Å². The molecule has 28 heavy (non-hydrogen) atoms. The van der Waals surface area contributed by atoms with Crippen LogP contribution in [-0.2, 0) is 0 Å². The van der Waals surface area contributed by atoms with E-state index in [-0.39, 0.29) is 5.56 Å². The Morgan fingerprint density at radius 2 is 1.96 bits per heavy atom. The van der Waals surface area contributed by atoms with Crippen molar-refractivity contribution >= 4 is 44.3 Å². The summed E-state index contributed by atoms with van der Waals surface area (Å²) >= 11 is 7.78. The number of carbonyl (C=O) groups is 1. The van der Waals surface area contributed by atoms with E-state index in [0.29, 0.717) is 12.5 Å². The Morgan fingerprint density at radius 1 is 1.21 bits per heavy atom. The molecule has 1 saturated heterocycles. The topological polar surface area (TPSA) is 62.7 Å². The van der Waals surface area contributed by atoms with Crippen molar-refractivity contribution in [1.82, 2.24) is 4.98 Å². The first kappa shape index (κ1) is 19.0. The predicted molar refractivity (Wildman–Crippen MR) is 113 cm³/mol. The lowest BCUT2D eigenvalue weighted by Gasteiger charge is -2.31. The number of rotatable bonds is 6. The molecule has 5 nitrogen and oxygen atoms in total. The molecule has 0 bridgehead atoms. The SMILES string of the molecule is O=C(O)c1ccc(OCCC2CCN(c3nc4ccc(Cl)cc4s3)CC2)cc1. The maximum absolute atomic E-state index is 10.9. The summed E-state index contributed by atoms with van der Waals surface area (Å²) in [5, 5.41) is 10.7. The van der Waals surface area contributed by atoms with Gasteiger partial charge in [0.2, 0.25) is 0 Å². The second kappa shape index (κ2) is 8.37. The minimum absolute atomic E-state index is 0.275. The number of carboxylic acid groups (broad SMARTS) is 1. The van der Waals surface area contributed by atoms with E-state index in [2.05, 4.69) is 4.90 Å². The third-order valence-electron chi connectivity index (χ3n) is 5.12. The highest BCUT2D eigenvalue weighted by atomic mass is 35.5. The van der Waals surface area contributed by atoms with Crippen LogP contribution < -0.4 is 9.64 Å². The first-order valence-electron chi connectivity index (χ1n) is 9.36. The van der Waals surface area contributed by atoms with Crippen molar-refractivity contribution in [2.45, 2.75) is 19.3 Å². The van der Waals surface area contributed by atoms with Gasteiger partial charge in [0.05, 0.1) is 22.4 Å². The maximum atomic E-state index is 10.9. The van der Waals surface area contributed by atoms with E-state index >= 15 is 0 Å². The first-order chi connectivity index (χ1) is 13.6. The fourth-order valence-electron chi connectivity index (χ4n) is 3.47. The van der Waals surface area contributed by atoms with E-state index in [0.717, 1.165) is 58.5 Å². The normalized spacial score (nSPS) is 15.1. The number of thiazole rings is 1. The number of benzene rings is 2. The zero-order valence-electron chi connectivity index (χ0n) is 15.3. The van der Waals surface area contributed by atoms with Gasteiger partial charge in [-0.25, -0.2) is 9.78 Å². The van der Waals surface area contributed by atoms with Crippen molar-refractivity contribution in [3.8, 4) is 5.75 Å². The summed E-state index contributed by atoms with van der Waals surface area (Å²) in [5.74, 6) is 0.434. The summed E-state index contributed by atoms with van der Waals surface area (Å²) in [6, 6.07) is 12.4. The Bertz CT molecular complexity index is 965. The second-order valence-electron chi connectivity index (χ2n) is 7.01. The van der Waals surface area contributed by atoms with Crippen molar-refractivity contribution < 1.29 is 14.6 Å². The molecule has 0 unspecified atom stereocenters. The smallest absolute Gasteiger partial charge is 0.335 e. The monoisotopic (exact) mass is 416 g/mol. The fraction of sp³-hybridized carbons (Fsp3) is 0.333. The Hall–Kier alpha value is -2.31. The zero-order chi connectivity index (χ0) is 19.5. The molecule has 1 aromatic heterocycles. The average Bonchev–Trinajstić information content (AvgIpc) is 3.12. The molecule has 4 rings (SSSR count). The van der Waals surface area contributed by atoms with Crippen molar-refractivity contribution in [3.05, 3.63) is 53.1 Å². The number of anilines is 1. The standard InChI is InChI=1S/C21H21ClN2O3S/c22-16-3-6-18-19(13-16)28-21(23-18)24-10-7-14(8-11-24)9-12-27-17-4-1-15(2-5-17)20(25)26/h1-6,13-14H,7-12H2,(H,25,26). The van der Waals surface area contributed by atoms with Crippen LogP contribution in [0.2, 0.25) is 5.02 Å². The van der Waals surface area contributed by atoms with Gasteiger partial charge in [-0.2, -0.15) is 0 Å². The van der Waals surface area contributed by atoms with Crippen LogP contribution in [0, 0.1) is 5.92 Å². The van der Waals surface area contributed by atoms with Crippen molar-refractivity contribution in [2.24, 2.45) is 5.92 Å². The molecule has 146 valence electrons. The van der Waals surface area contributed by atoms with Crippen LogP contribution in [0.3, 0.4) is 0 Å². The lowest BCUT2D eigenvalue weighted by molar-refractivity contribution is 0.0697. The number of ether oxygens (including phenoxy) is 1. The molecule has 2 aromatic carbocycles. The summed E-state index contributed by atoms with van der Waals surface area (Å²) in [6.07, 6.45) is 3.25. The average molecular weight is 417 g/mol. The summed E-state index contributed by atoms with van der Waals surface area (Å²) in [5.41, 5.74) is 1.28. The number of piperidine rings is 1. The molecule has 1 fully saturated rings. The predicted octanol–water partition coefficient (Wildman–Crippen LogP) is 5.33. The van der Waals surface area contributed by atoms with Crippen LogP contribution in [0.4, 0.5) is 5.13 Å². The Morgan fingerprint density at radius 3 is 2.68 bits per heavy atom. The van der Waals surface area contributed by atoms with Crippen molar-refractivity contribution in [3.63, 3.8) is 0 Å². The Balaban J connectivity index is 1.25. The van der Waals surface area contributed by atoms with Gasteiger partial charge in [-0.3, -0.25) is 0 Å². The van der Waals surface area contributed by atoms with Crippen molar-refractivity contribution in [1.29, 1.82) is 0 Å². The summed E-state index contributed by atoms with van der Waals surface area (Å²) in [4.78, 5) is 18.0. The van der Waals surface area contributed by atoms with Gasteiger partial charge < -0.3 is 14.7 Å². The minimum atomic E-state index is -0.922. The largest absolute Gasteiger partial charge is 0.494 e. The van der Waals surface area contributed by atoms with Crippen LogP contribution in [-0.4, -0.2) is 35.8 Å². The fourth-order valence-corrected chi connectivity index (χ4v) is 4.76. The van der Waals surface area contributed by atoms with E-state index in [1.807, 2.05) is 18.2 Å². The minimum Gasteiger partial charge on any atom is -0.494 e. The van der Waals surface area contributed by atoms with E-state index in [1.54, 1.807) is 35.6 Å². The van der Waals surface area contributed by atoms with Gasteiger partial charge in [-0.05, 0) is 67.6 Å². The number of nitrogens with zero attached hydrogens (tertiary/aromatic N) is 2. The first-order valence-corrected chi connectivity index (χ1v) is 10.5. The molecular formula is C21H21ClN2O3S. The van der Waals surface area contributed by atoms with Crippen LogP contribution >= 0.6 is 22.9 Å². The van der Waals surface area contributed by atoms with E-state index in [9.17, 15) is 4.79 Å². The molecule has 0 amide bonds. The Labute approximate surface area is 172 Å². The van der Waals surface area contributed by atoms with Gasteiger partial charge in [0.25, 0.3) is 0 Å². The van der Waals surface area contributed by atoms with Crippen LogP contribution in [0.1, 0.15) is 29.6 Å². The highest BCUT2D eigenvalue weighted by molar-refractivity contribution is 7.22. The highest BCUT2D eigenvalue weighted by Crippen LogP contribution is 2.33. The van der Waals surface area contributed by atoms with E-state index < -0.39 is 5.97 Å². The lowest BCUT2D eigenvalue weighted by Crippen LogP contribution is -2.34. The highest BCUT2D eigenvalue weighted by Gasteiger charge is 2.21. The van der Waals surface area contributed by atoms with Gasteiger partial charge in [0, 0.05) is 18.1 Å². The molecule has 0 atom stereocenters.